The molecule has 0 radical (unpaired) electrons. The number of aryl methyl sites for hydroxylation is 1. The minimum Gasteiger partial charge on any atom is -0.493 e. The van der Waals surface area contributed by atoms with Crippen molar-refractivity contribution in [3.63, 3.8) is 0 Å². The number of methoxy groups -OCH3 is 3. The van der Waals surface area contributed by atoms with Gasteiger partial charge in [0.25, 0.3) is 0 Å². The summed E-state index contributed by atoms with van der Waals surface area (Å²) in [7, 11) is 4.76. The SMILES string of the molecule is COc1ccc(CCC(=O)N2CC(CN)CC2C)c(OC)c1OC. The molecule has 1 heterocycles. The molecule has 1 aliphatic rings. The summed E-state index contributed by atoms with van der Waals surface area (Å²) in [6.45, 7) is 3.49. The van der Waals surface area contributed by atoms with Gasteiger partial charge in [-0.3, -0.25) is 4.79 Å². The average molecular weight is 336 g/mol. The highest BCUT2D eigenvalue weighted by Gasteiger charge is 2.31. The van der Waals surface area contributed by atoms with E-state index in [1.807, 2.05) is 17.0 Å². The van der Waals surface area contributed by atoms with Gasteiger partial charge in [0.1, 0.15) is 0 Å². The number of hydrogen-bond donors (Lipinski definition) is 1. The summed E-state index contributed by atoms with van der Waals surface area (Å²) in [5.74, 6) is 2.37. The van der Waals surface area contributed by atoms with E-state index in [0.29, 0.717) is 42.6 Å². The highest BCUT2D eigenvalue weighted by atomic mass is 16.5. The van der Waals surface area contributed by atoms with E-state index in [9.17, 15) is 4.79 Å². The minimum absolute atomic E-state index is 0.162. The monoisotopic (exact) mass is 336 g/mol. The van der Waals surface area contributed by atoms with E-state index >= 15 is 0 Å². The van der Waals surface area contributed by atoms with Crippen LogP contribution >= 0.6 is 0 Å². The van der Waals surface area contributed by atoms with Crippen molar-refractivity contribution in [3.8, 4) is 17.2 Å². The maximum absolute atomic E-state index is 12.6. The topological polar surface area (TPSA) is 74.0 Å². The normalized spacial score (nSPS) is 20.1. The van der Waals surface area contributed by atoms with E-state index in [0.717, 1.165) is 18.5 Å². The number of benzene rings is 1. The molecule has 0 aliphatic carbocycles. The quantitative estimate of drug-likeness (QED) is 0.822. The number of carbonyl (C=O) groups excluding carboxylic acids is 1. The van der Waals surface area contributed by atoms with Gasteiger partial charge in [-0.25, -0.2) is 0 Å². The molecule has 0 saturated carbocycles. The van der Waals surface area contributed by atoms with E-state index in [1.165, 1.54) is 0 Å². The van der Waals surface area contributed by atoms with Crippen molar-refractivity contribution in [1.82, 2.24) is 4.90 Å². The van der Waals surface area contributed by atoms with Crippen molar-refractivity contribution in [2.75, 3.05) is 34.4 Å². The fourth-order valence-electron chi connectivity index (χ4n) is 3.41. The first-order chi connectivity index (χ1) is 11.5. The van der Waals surface area contributed by atoms with E-state index in [-0.39, 0.29) is 11.9 Å². The molecule has 0 aromatic heterocycles. The lowest BCUT2D eigenvalue weighted by Gasteiger charge is -2.22. The summed E-state index contributed by atoms with van der Waals surface area (Å²) in [5, 5.41) is 0. The summed E-state index contributed by atoms with van der Waals surface area (Å²) in [5.41, 5.74) is 6.68. The van der Waals surface area contributed by atoms with Gasteiger partial charge in [0, 0.05) is 19.0 Å². The van der Waals surface area contributed by atoms with Crippen LogP contribution in [0.2, 0.25) is 0 Å². The van der Waals surface area contributed by atoms with Gasteiger partial charge in [-0.2, -0.15) is 0 Å². The van der Waals surface area contributed by atoms with Crippen molar-refractivity contribution in [2.45, 2.75) is 32.2 Å². The second-order valence-electron chi connectivity index (χ2n) is 6.23. The number of likely N-dealkylation sites (tertiary alicyclic amines) is 1. The Morgan fingerprint density at radius 2 is 1.92 bits per heavy atom. The molecule has 134 valence electrons. The highest BCUT2D eigenvalue weighted by molar-refractivity contribution is 5.77. The van der Waals surface area contributed by atoms with Gasteiger partial charge in [-0.05, 0) is 43.9 Å². The smallest absolute Gasteiger partial charge is 0.223 e. The molecule has 1 aromatic carbocycles. The zero-order valence-electron chi connectivity index (χ0n) is 15.0. The second-order valence-corrected chi connectivity index (χ2v) is 6.23. The largest absolute Gasteiger partial charge is 0.493 e. The van der Waals surface area contributed by atoms with Gasteiger partial charge in [-0.1, -0.05) is 6.07 Å². The number of amides is 1. The van der Waals surface area contributed by atoms with Crippen LogP contribution in [0.4, 0.5) is 0 Å². The molecule has 2 rings (SSSR count). The van der Waals surface area contributed by atoms with Gasteiger partial charge in [-0.15, -0.1) is 0 Å². The molecule has 0 bridgehead atoms. The Hall–Kier alpha value is -1.95. The summed E-state index contributed by atoms with van der Waals surface area (Å²) in [6.07, 6.45) is 2.02. The van der Waals surface area contributed by atoms with Crippen LogP contribution in [0.1, 0.15) is 25.3 Å². The van der Waals surface area contributed by atoms with Crippen molar-refractivity contribution in [2.24, 2.45) is 11.7 Å². The summed E-state index contributed by atoms with van der Waals surface area (Å²) < 4.78 is 16.2. The standard InChI is InChI=1S/C18H28N2O4/c1-12-9-13(10-19)11-20(12)16(21)8-6-14-5-7-15(22-2)18(24-4)17(14)23-3/h5,7,12-13H,6,8-11,19H2,1-4H3. The zero-order chi connectivity index (χ0) is 17.7. The third-order valence-electron chi connectivity index (χ3n) is 4.71. The molecule has 6 nitrogen and oxygen atoms in total. The molecule has 6 heteroatoms. The van der Waals surface area contributed by atoms with Crippen molar-refractivity contribution in [3.05, 3.63) is 17.7 Å². The van der Waals surface area contributed by atoms with Crippen LogP contribution in [0, 0.1) is 5.92 Å². The molecule has 2 unspecified atom stereocenters. The molecule has 24 heavy (non-hydrogen) atoms. The number of hydrogen-bond acceptors (Lipinski definition) is 5. The summed E-state index contributed by atoms with van der Waals surface area (Å²) >= 11 is 0. The van der Waals surface area contributed by atoms with Crippen LogP contribution < -0.4 is 19.9 Å². The van der Waals surface area contributed by atoms with E-state index in [1.54, 1.807) is 21.3 Å². The summed E-state index contributed by atoms with van der Waals surface area (Å²) in [6, 6.07) is 4.02. The summed E-state index contributed by atoms with van der Waals surface area (Å²) in [4.78, 5) is 14.5. The van der Waals surface area contributed by atoms with Crippen molar-refractivity contribution >= 4 is 5.91 Å². The number of rotatable bonds is 7. The first-order valence-corrected chi connectivity index (χ1v) is 8.33. The molecule has 2 N–H and O–H groups in total. The molecular formula is C18H28N2O4. The first-order valence-electron chi connectivity index (χ1n) is 8.33. The van der Waals surface area contributed by atoms with Crippen molar-refractivity contribution in [1.29, 1.82) is 0 Å². The second kappa shape index (κ2) is 8.24. The lowest BCUT2D eigenvalue weighted by Crippen LogP contribution is -2.34. The fourth-order valence-corrected chi connectivity index (χ4v) is 3.41. The lowest BCUT2D eigenvalue weighted by molar-refractivity contribution is -0.131. The molecular weight excluding hydrogens is 308 g/mol. The number of carbonyl (C=O) groups is 1. The van der Waals surface area contributed by atoms with Gasteiger partial charge in [0.05, 0.1) is 21.3 Å². The fraction of sp³-hybridized carbons (Fsp3) is 0.611. The predicted molar refractivity (Wildman–Crippen MR) is 92.8 cm³/mol. The van der Waals surface area contributed by atoms with Crippen LogP contribution in [0.25, 0.3) is 0 Å². The Bertz CT molecular complexity index is 576. The lowest BCUT2D eigenvalue weighted by atomic mass is 10.1. The van der Waals surface area contributed by atoms with E-state index in [2.05, 4.69) is 6.92 Å². The van der Waals surface area contributed by atoms with Gasteiger partial charge in [0.15, 0.2) is 11.5 Å². The maximum Gasteiger partial charge on any atom is 0.223 e. The Kier molecular flexibility index (Phi) is 6.31. The van der Waals surface area contributed by atoms with E-state index in [4.69, 9.17) is 19.9 Å². The Morgan fingerprint density at radius 3 is 2.46 bits per heavy atom. The molecule has 1 amide bonds. The Balaban J connectivity index is 2.08. The van der Waals surface area contributed by atoms with Crippen LogP contribution in [-0.4, -0.2) is 51.3 Å². The van der Waals surface area contributed by atoms with E-state index < -0.39 is 0 Å². The van der Waals surface area contributed by atoms with Crippen LogP contribution in [0.15, 0.2) is 12.1 Å². The molecule has 1 fully saturated rings. The molecule has 2 atom stereocenters. The van der Waals surface area contributed by atoms with Crippen LogP contribution in [0.3, 0.4) is 0 Å². The van der Waals surface area contributed by atoms with Gasteiger partial charge < -0.3 is 24.8 Å². The molecule has 0 spiro atoms. The first kappa shape index (κ1) is 18.4. The van der Waals surface area contributed by atoms with Crippen LogP contribution in [0.5, 0.6) is 17.2 Å². The number of nitrogens with zero attached hydrogens (tertiary/aromatic N) is 1. The molecule has 1 aromatic rings. The van der Waals surface area contributed by atoms with Crippen molar-refractivity contribution < 1.29 is 19.0 Å². The third kappa shape index (κ3) is 3.75. The van der Waals surface area contributed by atoms with Crippen LogP contribution in [-0.2, 0) is 11.2 Å². The molecule has 1 aliphatic heterocycles. The minimum atomic E-state index is 0.162. The van der Waals surface area contributed by atoms with Gasteiger partial charge in [0.2, 0.25) is 11.7 Å². The zero-order valence-corrected chi connectivity index (χ0v) is 15.0. The number of ether oxygens (including phenoxy) is 3. The molecule has 1 saturated heterocycles. The average Bonchev–Trinajstić information content (AvgIpc) is 2.99. The number of nitrogens with two attached hydrogens (primary N) is 1. The third-order valence-corrected chi connectivity index (χ3v) is 4.71. The van der Waals surface area contributed by atoms with Gasteiger partial charge >= 0.3 is 0 Å². The predicted octanol–water partition coefficient (Wildman–Crippen LogP) is 1.84. The maximum atomic E-state index is 12.6. The Morgan fingerprint density at radius 1 is 1.21 bits per heavy atom. The highest BCUT2D eigenvalue weighted by Crippen LogP contribution is 2.40. The Labute approximate surface area is 143 Å².